The van der Waals surface area contributed by atoms with Crippen LogP contribution in [0.4, 0.5) is 0 Å². The smallest absolute Gasteiger partial charge is 0.234 e. The third-order valence-corrected chi connectivity index (χ3v) is 3.75. The van der Waals surface area contributed by atoms with E-state index in [0.717, 1.165) is 0 Å². The van der Waals surface area contributed by atoms with Crippen LogP contribution < -0.4 is 0 Å². The Bertz CT molecular complexity index is 477. The summed E-state index contributed by atoms with van der Waals surface area (Å²) in [6, 6.07) is 8.22. The standard InChI is InChI=1S/C13H13NO/c1-13-8-7-10(12(15)14(13)2)9-5-3-4-6-11(9)13/h3-8,10H,1-2H3/t10-,13-/m1/s1. The largest absolute Gasteiger partial charge is 0.332 e. The molecule has 0 unspecified atom stereocenters. The molecule has 2 atom stereocenters. The molecule has 3 aliphatic rings. The Morgan fingerprint density at radius 2 is 2.07 bits per heavy atom. The van der Waals surface area contributed by atoms with Crippen molar-refractivity contribution in [2.75, 3.05) is 7.05 Å². The highest BCUT2D eigenvalue weighted by atomic mass is 16.2. The fraction of sp³-hybridized carbons (Fsp3) is 0.308. The minimum absolute atomic E-state index is 0.0620. The molecule has 2 aliphatic heterocycles. The summed E-state index contributed by atoms with van der Waals surface area (Å²) >= 11 is 0. The number of rotatable bonds is 0. The van der Waals surface area contributed by atoms with Gasteiger partial charge in [-0.15, -0.1) is 0 Å². The SMILES string of the molecule is CN1C(=O)[C@@H]2C=C[C@]1(C)c1ccccc12. The third kappa shape index (κ3) is 0.870. The second-order valence-electron chi connectivity index (χ2n) is 4.47. The van der Waals surface area contributed by atoms with Crippen LogP contribution in [0.25, 0.3) is 0 Å². The zero-order valence-corrected chi connectivity index (χ0v) is 8.90. The maximum absolute atomic E-state index is 12.0. The molecule has 4 rings (SSSR count). The maximum atomic E-state index is 12.0. The normalized spacial score (nSPS) is 32.0. The molecule has 1 aromatic carbocycles. The summed E-state index contributed by atoms with van der Waals surface area (Å²) in [4.78, 5) is 13.9. The molecule has 1 aliphatic carbocycles. The summed E-state index contributed by atoms with van der Waals surface area (Å²) in [5, 5.41) is 0. The molecule has 0 saturated heterocycles. The zero-order valence-electron chi connectivity index (χ0n) is 8.90. The Morgan fingerprint density at radius 3 is 2.87 bits per heavy atom. The van der Waals surface area contributed by atoms with Crippen molar-refractivity contribution in [1.82, 2.24) is 4.90 Å². The van der Waals surface area contributed by atoms with Crippen LogP contribution in [0.3, 0.4) is 0 Å². The number of nitrogens with zero attached hydrogens (tertiary/aromatic N) is 1. The van der Waals surface area contributed by atoms with E-state index in [1.165, 1.54) is 11.1 Å². The molecular weight excluding hydrogens is 186 g/mol. The molecule has 2 nitrogen and oxygen atoms in total. The van der Waals surface area contributed by atoms with Crippen molar-refractivity contribution in [3.8, 4) is 0 Å². The van der Waals surface area contributed by atoms with Gasteiger partial charge >= 0.3 is 0 Å². The lowest BCUT2D eigenvalue weighted by Crippen LogP contribution is -2.52. The lowest BCUT2D eigenvalue weighted by atomic mass is 9.72. The number of fused-ring (bicyclic) bond motifs is 1. The highest BCUT2D eigenvalue weighted by Gasteiger charge is 2.46. The number of carbonyl (C=O) groups is 1. The van der Waals surface area contributed by atoms with E-state index < -0.39 is 0 Å². The molecular formula is C13H13NO. The van der Waals surface area contributed by atoms with Gasteiger partial charge < -0.3 is 4.90 Å². The predicted molar refractivity (Wildman–Crippen MR) is 58.4 cm³/mol. The van der Waals surface area contributed by atoms with Gasteiger partial charge in [0.05, 0.1) is 11.5 Å². The second kappa shape index (κ2) is 2.51. The Kier molecular flexibility index (Phi) is 1.46. The van der Waals surface area contributed by atoms with E-state index in [1.807, 2.05) is 30.2 Å². The van der Waals surface area contributed by atoms with Crippen molar-refractivity contribution < 1.29 is 4.79 Å². The molecule has 0 saturated carbocycles. The van der Waals surface area contributed by atoms with Crippen molar-refractivity contribution in [3.63, 3.8) is 0 Å². The second-order valence-corrected chi connectivity index (χ2v) is 4.47. The van der Waals surface area contributed by atoms with E-state index in [4.69, 9.17) is 0 Å². The average Bonchev–Trinajstić information content (AvgIpc) is 2.26. The molecule has 2 heterocycles. The maximum Gasteiger partial charge on any atom is 0.234 e. The lowest BCUT2D eigenvalue weighted by Gasteiger charge is -2.48. The Labute approximate surface area is 89.2 Å². The lowest BCUT2D eigenvalue weighted by molar-refractivity contribution is -0.136. The first-order chi connectivity index (χ1) is 7.14. The minimum Gasteiger partial charge on any atom is -0.332 e. The van der Waals surface area contributed by atoms with Crippen LogP contribution in [-0.4, -0.2) is 17.9 Å². The van der Waals surface area contributed by atoms with Crippen molar-refractivity contribution in [2.45, 2.75) is 18.4 Å². The van der Waals surface area contributed by atoms with Crippen LogP contribution in [0.2, 0.25) is 0 Å². The fourth-order valence-corrected chi connectivity index (χ4v) is 2.65. The molecule has 0 aromatic heterocycles. The Hall–Kier alpha value is -1.57. The molecule has 2 bridgehead atoms. The summed E-state index contributed by atoms with van der Waals surface area (Å²) in [5.41, 5.74) is 2.19. The van der Waals surface area contributed by atoms with E-state index in [2.05, 4.69) is 25.1 Å². The number of benzene rings is 1. The van der Waals surface area contributed by atoms with Gasteiger partial charge in [-0.05, 0) is 18.1 Å². The van der Waals surface area contributed by atoms with Gasteiger partial charge in [0.1, 0.15) is 0 Å². The predicted octanol–water partition coefficient (Wildman–Crippen LogP) is 2.03. The molecule has 2 heteroatoms. The first-order valence-corrected chi connectivity index (χ1v) is 5.21. The molecule has 0 spiro atoms. The Morgan fingerprint density at radius 1 is 1.33 bits per heavy atom. The zero-order chi connectivity index (χ0) is 10.6. The van der Waals surface area contributed by atoms with Crippen LogP contribution in [0, 0.1) is 0 Å². The molecule has 0 radical (unpaired) electrons. The van der Waals surface area contributed by atoms with Crippen LogP contribution in [0.15, 0.2) is 36.4 Å². The highest BCUT2D eigenvalue weighted by Crippen LogP contribution is 2.45. The van der Waals surface area contributed by atoms with Crippen LogP contribution in [0.5, 0.6) is 0 Å². The van der Waals surface area contributed by atoms with E-state index in [9.17, 15) is 4.79 Å². The monoisotopic (exact) mass is 199 g/mol. The van der Waals surface area contributed by atoms with Gasteiger partial charge in [-0.25, -0.2) is 0 Å². The highest BCUT2D eigenvalue weighted by molar-refractivity contribution is 5.91. The third-order valence-electron chi connectivity index (χ3n) is 3.75. The minimum atomic E-state index is -0.248. The van der Waals surface area contributed by atoms with E-state index in [0.29, 0.717) is 0 Å². The van der Waals surface area contributed by atoms with Crippen LogP contribution >= 0.6 is 0 Å². The summed E-state index contributed by atoms with van der Waals surface area (Å²) < 4.78 is 0. The summed E-state index contributed by atoms with van der Waals surface area (Å²) in [7, 11) is 1.88. The number of amides is 1. The number of hydrogen-bond donors (Lipinski definition) is 0. The van der Waals surface area contributed by atoms with Gasteiger partial charge in [0.25, 0.3) is 0 Å². The summed E-state index contributed by atoms with van der Waals surface area (Å²) in [6.45, 7) is 2.09. The van der Waals surface area contributed by atoms with Crippen LogP contribution in [0.1, 0.15) is 24.0 Å². The van der Waals surface area contributed by atoms with E-state index >= 15 is 0 Å². The topological polar surface area (TPSA) is 20.3 Å². The van der Waals surface area contributed by atoms with Gasteiger partial charge in [0, 0.05) is 7.05 Å². The van der Waals surface area contributed by atoms with Gasteiger partial charge in [0.15, 0.2) is 0 Å². The number of likely N-dealkylation sites (N-methyl/N-ethyl adjacent to an activating group) is 1. The first-order valence-electron chi connectivity index (χ1n) is 5.21. The van der Waals surface area contributed by atoms with Crippen molar-refractivity contribution >= 4 is 5.91 Å². The van der Waals surface area contributed by atoms with Gasteiger partial charge in [-0.3, -0.25) is 4.79 Å². The first kappa shape index (κ1) is 8.72. The number of hydrogen-bond acceptors (Lipinski definition) is 1. The van der Waals surface area contributed by atoms with E-state index in [1.54, 1.807) is 0 Å². The quantitative estimate of drug-likeness (QED) is 0.585. The molecule has 0 fully saturated rings. The van der Waals surface area contributed by atoms with Crippen LogP contribution in [-0.2, 0) is 10.3 Å². The van der Waals surface area contributed by atoms with Crippen molar-refractivity contribution in [2.24, 2.45) is 0 Å². The number of carbonyl (C=O) groups excluding carboxylic acids is 1. The average molecular weight is 199 g/mol. The molecule has 76 valence electrons. The van der Waals surface area contributed by atoms with E-state index in [-0.39, 0.29) is 17.4 Å². The summed E-state index contributed by atoms with van der Waals surface area (Å²) in [5.74, 6) is 0.145. The van der Waals surface area contributed by atoms with Gasteiger partial charge in [-0.2, -0.15) is 0 Å². The summed E-state index contributed by atoms with van der Waals surface area (Å²) in [6.07, 6.45) is 4.17. The fourth-order valence-electron chi connectivity index (χ4n) is 2.65. The van der Waals surface area contributed by atoms with Gasteiger partial charge in [0.2, 0.25) is 5.91 Å². The molecule has 1 amide bonds. The Balaban J connectivity index is 2.34. The van der Waals surface area contributed by atoms with Gasteiger partial charge in [-0.1, -0.05) is 36.4 Å². The van der Waals surface area contributed by atoms with Crippen molar-refractivity contribution in [1.29, 1.82) is 0 Å². The molecule has 15 heavy (non-hydrogen) atoms. The van der Waals surface area contributed by atoms with Crippen molar-refractivity contribution in [3.05, 3.63) is 47.5 Å². The molecule has 1 aromatic rings. The molecule has 0 N–H and O–H groups in total.